The molecule has 0 saturated carbocycles. The predicted octanol–water partition coefficient (Wildman–Crippen LogP) is 3.76. The van der Waals surface area contributed by atoms with Crippen molar-refractivity contribution in [3.63, 3.8) is 0 Å². The van der Waals surface area contributed by atoms with Gasteiger partial charge in [-0.2, -0.15) is 5.26 Å². The molecule has 0 aliphatic rings. The van der Waals surface area contributed by atoms with Gasteiger partial charge in [0.1, 0.15) is 18.2 Å². The second kappa shape index (κ2) is 8.74. The molecule has 0 bridgehead atoms. The predicted molar refractivity (Wildman–Crippen MR) is 101 cm³/mol. The van der Waals surface area contributed by atoms with Crippen LogP contribution >= 0.6 is 27.7 Å². The highest BCUT2D eigenvalue weighted by atomic mass is 79.9. The van der Waals surface area contributed by atoms with Gasteiger partial charge in [-0.1, -0.05) is 24.4 Å². The molecule has 2 aromatic rings. The number of nitriles is 1. The minimum Gasteiger partial charge on any atom is -0.490 e. The van der Waals surface area contributed by atoms with E-state index in [1.807, 2.05) is 13.0 Å². The number of halogens is 1. The second-order valence-corrected chi connectivity index (χ2v) is 6.38. The zero-order valence-electron chi connectivity index (χ0n) is 13.8. The highest BCUT2D eigenvalue weighted by Crippen LogP contribution is 2.40. The van der Waals surface area contributed by atoms with Gasteiger partial charge < -0.3 is 14.5 Å². The number of thioether (sulfide) groups is 1. The van der Waals surface area contributed by atoms with Crippen LogP contribution in [0.25, 0.3) is 11.3 Å². The molecule has 0 aliphatic heterocycles. The standard InChI is InChI=1S/C17H16BrN3O3S/c1-4-6-24-15-12(18)7-10(8-13(15)23-5-2)14-11(9-19)16(22)21-17(20-14)25-3/h4,7-8H,1,5-6H2,2-3H3,(H,20,21,22). The van der Waals surface area contributed by atoms with E-state index in [0.717, 1.165) is 0 Å². The Morgan fingerprint density at radius 2 is 2.24 bits per heavy atom. The summed E-state index contributed by atoms with van der Waals surface area (Å²) in [6.07, 6.45) is 3.43. The van der Waals surface area contributed by atoms with Crippen LogP contribution in [0.3, 0.4) is 0 Å². The molecule has 0 atom stereocenters. The van der Waals surface area contributed by atoms with Gasteiger partial charge in [0.25, 0.3) is 5.56 Å². The van der Waals surface area contributed by atoms with Crippen LogP contribution in [0.2, 0.25) is 0 Å². The SMILES string of the molecule is C=CCOc1c(Br)cc(-c2nc(SC)[nH]c(=O)c2C#N)cc1OCC. The minimum atomic E-state index is -0.474. The number of ether oxygens (including phenoxy) is 2. The van der Waals surface area contributed by atoms with Crippen LogP contribution in [0.4, 0.5) is 0 Å². The van der Waals surface area contributed by atoms with Gasteiger partial charge in [0.15, 0.2) is 16.7 Å². The lowest BCUT2D eigenvalue weighted by Crippen LogP contribution is -2.14. The average Bonchev–Trinajstić information content (AvgIpc) is 2.60. The zero-order valence-corrected chi connectivity index (χ0v) is 16.2. The summed E-state index contributed by atoms with van der Waals surface area (Å²) >= 11 is 4.74. The molecule has 8 heteroatoms. The maximum absolute atomic E-state index is 12.1. The summed E-state index contributed by atoms with van der Waals surface area (Å²) in [6.45, 7) is 6.24. The van der Waals surface area contributed by atoms with E-state index < -0.39 is 5.56 Å². The van der Waals surface area contributed by atoms with Crippen LogP contribution in [0.1, 0.15) is 12.5 Å². The summed E-state index contributed by atoms with van der Waals surface area (Å²) in [4.78, 5) is 19.1. The molecular formula is C17H16BrN3O3S. The first-order valence-electron chi connectivity index (χ1n) is 7.34. The van der Waals surface area contributed by atoms with E-state index >= 15 is 0 Å². The summed E-state index contributed by atoms with van der Waals surface area (Å²) in [5.74, 6) is 1.02. The Bertz CT molecular complexity index is 890. The Morgan fingerprint density at radius 3 is 2.84 bits per heavy atom. The smallest absolute Gasteiger partial charge is 0.270 e. The largest absolute Gasteiger partial charge is 0.490 e. The van der Waals surface area contributed by atoms with Crippen molar-refractivity contribution >= 4 is 27.7 Å². The van der Waals surface area contributed by atoms with Crippen LogP contribution in [0.15, 0.2) is 39.2 Å². The molecule has 0 aliphatic carbocycles. The lowest BCUT2D eigenvalue weighted by Gasteiger charge is -2.15. The van der Waals surface area contributed by atoms with Gasteiger partial charge in [-0.3, -0.25) is 4.79 Å². The molecule has 2 rings (SSSR count). The zero-order chi connectivity index (χ0) is 18.4. The van der Waals surface area contributed by atoms with E-state index in [-0.39, 0.29) is 5.56 Å². The molecule has 1 aromatic heterocycles. The maximum Gasteiger partial charge on any atom is 0.270 e. The average molecular weight is 422 g/mol. The van der Waals surface area contributed by atoms with Crippen molar-refractivity contribution in [3.05, 3.63) is 45.2 Å². The third-order valence-electron chi connectivity index (χ3n) is 3.13. The highest BCUT2D eigenvalue weighted by Gasteiger charge is 2.18. The molecule has 1 heterocycles. The minimum absolute atomic E-state index is 0.0492. The molecule has 0 saturated heterocycles. The molecule has 1 N–H and O–H groups in total. The van der Waals surface area contributed by atoms with Gasteiger partial charge in [-0.25, -0.2) is 4.98 Å². The van der Waals surface area contributed by atoms with Gasteiger partial charge in [-0.05, 0) is 41.2 Å². The Balaban J connectivity index is 2.68. The number of hydrogen-bond acceptors (Lipinski definition) is 6. The molecule has 0 radical (unpaired) electrons. The monoisotopic (exact) mass is 421 g/mol. The summed E-state index contributed by atoms with van der Waals surface area (Å²) in [5.41, 5.74) is 0.358. The molecular weight excluding hydrogens is 406 g/mol. The fourth-order valence-corrected chi connectivity index (χ4v) is 3.05. The Hall–Kier alpha value is -2.24. The molecule has 1 aromatic carbocycles. The number of nitrogens with zero attached hydrogens (tertiary/aromatic N) is 2. The van der Waals surface area contributed by atoms with E-state index in [1.54, 1.807) is 24.5 Å². The molecule has 0 amide bonds. The molecule has 0 spiro atoms. The van der Waals surface area contributed by atoms with E-state index in [9.17, 15) is 10.1 Å². The third-order valence-corrected chi connectivity index (χ3v) is 4.30. The number of hydrogen-bond donors (Lipinski definition) is 1. The van der Waals surface area contributed by atoms with Crippen molar-refractivity contribution in [2.24, 2.45) is 0 Å². The van der Waals surface area contributed by atoms with E-state index in [4.69, 9.17) is 9.47 Å². The number of rotatable bonds is 7. The first-order chi connectivity index (χ1) is 12.0. The second-order valence-electron chi connectivity index (χ2n) is 4.73. The quantitative estimate of drug-likeness (QED) is 0.415. The lowest BCUT2D eigenvalue weighted by molar-refractivity contribution is 0.295. The van der Waals surface area contributed by atoms with E-state index in [2.05, 4.69) is 32.5 Å². The maximum atomic E-state index is 12.1. The van der Waals surface area contributed by atoms with Crippen molar-refractivity contribution in [3.8, 4) is 28.8 Å². The van der Waals surface area contributed by atoms with Crippen LogP contribution < -0.4 is 15.0 Å². The molecule has 0 fully saturated rings. The van der Waals surface area contributed by atoms with Gasteiger partial charge in [-0.15, -0.1) is 0 Å². The van der Waals surface area contributed by atoms with Gasteiger partial charge in [0.05, 0.1) is 16.8 Å². The van der Waals surface area contributed by atoms with Gasteiger partial charge >= 0.3 is 0 Å². The van der Waals surface area contributed by atoms with Crippen LogP contribution in [0.5, 0.6) is 11.5 Å². The number of benzene rings is 1. The van der Waals surface area contributed by atoms with E-state index in [1.165, 1.54) is 11.8 Å². The van der Waals surface area contributed by atoms with Crippen molar-refractivity contribution in [1.29, 1.82) is 5.26 Å². The fraction of sp³-hybridized carbons (Fsp3) is 0.235. The first-order valence-corrected chi connectivity index (χ1v) is 9.36. The highest BCUT2D eigenvalue weighted by molar-refractivity contribution is 9.10. The normalized spacial score (nSPS) is 10.2. The van der Waals surface area contributed by atoms with E-state index in [0.29, 0.717) is 45.6 Å². The van der Waals surface area contributed by atoms with Gasteiger partial charge in [0.2, 0.25) is 0 Å². The fourth-order valence-electron chi connectivity index (χ4n) is 2.11. The number of H-pyrrole nitrogens is 1. The van der Waals surface area contributed by atoms with Crippen molar-refractivity contribution in [2.75, 3.05) is 19.5 Å². The van der Waals surface area contributed by atoms with Gasteiger partial charge in [0, 0.05) is 5.56 Å². The van der Waals surface area contributed by atoms with Crippen LogP contribution in [-0.2, 0) is 0 Å². The molecule has 25 heavy (non-hydrogen) atoms. The molecule has 130 valence electrons. The number of aromatic amines is 1. The summed E-state index contributed by atoms with van der Waals surface area (Å²) in [7, 11) is 0. The summed E-state index contributed by atoms with van der Waals surface area (Å²) in [5, 5.41) is 9.77. The number of aromatic nitrogens is 2. The Labute approximate surface area is 158 Å². The molecule has 0 unspecified atom stereocenters. The topological polar surface area (TPSA) is 88.0 Å². The van der Waals surface area contributed by atoms with Crippen LogP contribution in [0, 0.1) is 11.3 Å². The summed E-state index contributed by atoms with van der Waals surface area (Å²) < 4.78 is 11.9. The van der Waals surface area contributed by atoms with Crippen molar-refractivity contribution in [1.82, 2.24) is 9.97 Å². The number of nitrogens with one attached hydrogen (secondary N) is 1. The summed E-state index contributed by atoms with van der Waals surface area (Å²) in [6, 6.07) is 5.37. The Morgan fingerprint density at radius 1 is 1.48 bits per heavy atom. The van der Waals surface area contributed by atoms with Crippen LogP contribution in [-0.4, -0.2) is 29.4 Å². The van der Waals surface area contributed by atoms with Crippen molar-refractivity contribution < 1.29 is 9.47 Å². The van der Waals surface area contributed by atoms with Crippen molar-refractivity contribution in [2.45, 2.75) is 12.1 Å². The first kappa shape index (κ1) is 19.1. The third kappa shape index (κ3) is 4.24. The molecule has 6 nitrogen and oxygen atoms in total. The Kier molecular flexibility index (Phi) is 6.67. The lowest BCUT2D eigenvalue weighted by atomic mass is 10.1.